The minimum atomic E-state index is 0. The summed E-state index contributed by atoms with van der Waals surface area (Å²) in [5, 5.41) is 0. The molecule has 1 heteroatoms. The van der Waals surface area contributed by atoms with Crippen LogP contribution in [0.25, 0.3) is 0 Å². The van der Waals surface area contributed by atoms with E-state index in [0.29, 0.717) is 0 Å². The van der Waals surface area contributed by atoms with Gasteiger partial charge in [0, 0.05) is 21.7 Å². The standard InChI is InChI=1S/C4H6.Ti/c1-3-4-2;/h3-4H,1-2H2;. The van der Waals surface area contributed by atoms with Gasteiger partial charge >= 0.3 is 0 Å². The third kappa shape index (κ3) is 14.2. The van der Waals surface area contributed by atoms with Gasteiger partial charge in [-0.3, -0.25) is 0 Å². The molecular weight excluding hydrogens is 95.9 g/mol. The van der Waals surface area contributed by atoms with Crippen molar-refractivity contribution >= 4 is 0 Å². The van der Waals surface area contributed by atoms with Gasteiger partial charge in [0.2, 0.25) is 0 Å². The van der Waals surface area contributed by atoms with Gasteiger partial charge in [0.1, 0.15) is 0 Å². The molecule has 0 saturated carbocycles. The Morgan fingerprint density at radius 1 is 1.00 bits per heavy atom. The van der Waals surface area contributed by atoms with E-state index in [1.165, 1.54) is 0 Å². The molecule has 0 bridgehead atoms. The van der Waals surface area contributed by atoms with E-state index in [1.807, 2.05) is 0 Å². The molecule has 0 spiro atoms. The van der Waals surface area contributed by atoms with Gasteiger partial charge in [-0.15, -0.1) is 0 Å². The summed E-state index contributed by atoms with van der Waals surface area (Å²) in [5.41, 5.74) is 0. The molecule has 0 aliphatic carbocycles. The van der Waals surface area contributed by atoms with Gasteiger partial charge in [0.25, 0.3) is 0 Å². The van der Waals surface area contributed by atoms with Gasteiger partial charge in [0.15, 0.2) is 0 Å². The van der Waals surface area contributed by atoms with E-state index in [0.717, 1.165) is 0 Å². The van der Waals surface area contributed by atoms with Crippen molar-refractivity contribution in [2.45, 2.75) is 0 Å². The minimum Gasteiger partial charge on any atom is -0.0991 e. The third-order valence-electron chi connectivity index (χ3n) is 0.167. The first-order valence-corrected chi connectivity index (χ1v) is 1.15. The Balaban J connectivity index is 0. The molecule has 0 atom stereocenters. The molecule has 0 amide bonds. The Bertz CT molecular complexity index is 24.6. The molecule has 0 aliphatic rings. The quantitative estimate of drug-likeness (QED) is 0.346. The van der Waals surface area contributed by atoms with Crippen molar-refractivity contribution < 1.29 is 21.7 Å². The maximum Gasteiger partial charge on any atom is 0 e. The molecular formula is C4H6Ti. The molecule has 0 nitrogen and oxygen atoms in total. The number of hydrogen-bond donors (Lipinski definition) is 0. The summed E-state index contributed by atoms with van der Waals surface area (Å²) < 4.78 is 0. The summed E-state index contributed by atoms with van der Waals surface area (Å²) in [7, 11) is 0. The molecule has 0 heterocycles. The van der Waals surface area contributed by atoms with Crippen molar-refractivity contribution in [2.24, 2.45) is 0 Å². The van der Waals surface area contributed by atoms with Crippen LogP contribution in [0.3, 0.4) is 0 Å². The predicted molar refractivity (Wildman–Crippen MR) is 20.4 cm³/mol. The van der Waals surface area contributed by atoms with Crippen LogP contribution in [0.15, 0.2) is 25.3 Å². The summed E-state index contributed by atoms with van der Waals surface area (Å²) in [6.07, 6.45) is 3.28. The smallest absolute Gasteiger partial charge is 0 e. The average molecular weight is 102 g/mol. The van der Waals surface area contributed by atoms with Crippen LogP contribution < -0.4 is 0 Å². The van der Waals surface area contributed by atoms with Crippen LogP contribution in [-0.2, 0) is 21.7 Å². The third-order valence-corrected chi connectivity index (χ3v) is 0.167. The number of rotatable bonds is 1. The van der Waals surface area contributed by atoms with Crippen LogP contribution in [0, 0.1) is 0 Å². The summed E-state index contributed by atoms with van der Waals surface area (Å²) in [6.45, 7) is 6.72. The molecule has 0 radical (unpaired) electrons. The Morgan fingerprint density at radius 3 is 1.20 bits per heavy atom. The van der Waals surface area contributed by atoms with E-state index >= 15 is 0 Å². The van der Waals surface area contributed by atoms with E-state index < -0.39 is 0 Å². The normalized spacial score (nSPS) is 4.00. The molecule has 0 saturated heterocycles. The van der Waals surface area contributed by atoms with Crippen molar-refractivity contribution in [3.05, 3.63) is 25.3 Å². The molecule has 0 N–H and O–H groups in total. The molecule has 0 unspecified atom stereocenters. The zero-order chi connectivity index (χ0) is 3.41. The second kappa shape index (κ2) is 8.89. The van der Waals surface area contributed by atoms with E-state index in [-0.39, 0.29) is 21.7 Å². The van der Waals surface area contributed by atoms with Crippen LogP contribution >= 0.6 is 0 Å². The minimum absolute atomic E-state index is 0. The summed E-state index contributed by atoms with van der Waals surface area (Å²) in [4.78, 5) is 0. The van der Waals surface area contributed by atoms with Gasteiger partial charge in [-0.05, 0) is 0 Å². The Morgan fingerprint density at radius 2 is 1.20 bits per heavy atom. The fourth-order valence-electron chi connectivity index (χ4n) is 0. The van der Waals surface area contributed by atoms with E-state index in [9.17, 15) is 0 Å². The fourth-order valence-corrected chi connectivity index (χ4v) is 0. The average Bonchev–Trinajstić information content (AvgIpc) is 1.37. The largest absolute Gasteiger partial charge is 0.0991 e. The Kier molecular flexibility index (Phi) is 15.9. The van der Waals surface area contributed by atoms with Crippen molar-refractivity contribution in [1.29, 1.82) is 0 Å². The maximum atomic E-state index is 3.36. The van der Waals surface area contributed by atoms with Crippen molar-refractivity contribution in [3.63, 3.8) is 0 Å². The van der Waals surface area contributed by atoms with Crippen LogP contribution in [0.4, 0.5) is 0 Å². The summed E-state index contributed by atoms with van der Waals surface area (Å²) in [6, 6.07) is 0. The van der Waals surface area contributed by atoms with Crippen molar-refractivity contribution in [2.75, 3.05) is 0 Å². The van der Waals surface area contributed by atoms with Crippen LogP contribution in [0.2, 0.25) is 0 Å². The maximum absolute atomic E-state index is 3.36. The molecule has 0 aromatic heterocycles. The second-order valence-electron chi connectivity index (χ2n) is 0.471. The first-order valence-electron chi connectivity index (χ1n) is 1.15. The zero-order valence-electron chi connectivity index (χ0n) is 3.07. The van der Waals surface area contributed by atoms with Gasteiger partial charge in [0.05, 0.1) is 0 Å². The van der Waals surface area contributed by atoms with Crippen LogP contribution in [-0.4, -0.2) is 0 Å². The van der Waals surface area contributed by atoms with Crippen LogP contribution in [0.1, 0.15) is 0 Å². The van der Waals surface area contributed by atoms with Gasteiger partial charge in [-0.2, -0.15) is 0 Å². The second-order valence-corrected chi connectivity index (χ2v) is 0.471. The van der Waals surface area contributed by atoms with E-state index in [1.54, 1.807) is 12.2 Å². The molecule has 0 aromatic rings. The Labute approximate surface area is 47.5 Å². The monoisotopic (exact) mass is 102 g/mol. The Hall–Kier alpha value is 0.194. The van der Waals surface area contributed by atoms with Gasteiger partial charge < -0.3 is 0 Å². The zero-order valence-corrected chi connectivity index (χ0v) is 4.63. The molecule has 0 aliphatic heterocycles. The fraction of sp³-hybridized carbons (Fsp3) is 0. The first-order chi connectivity index (χ1) is 1.91. The van der Waals surface area contributed by atoms with Crippen molar-refractivity contribution in [1.82, 2.24) is 0 Å². The van der Waals surface area contributed by atoms with Crippen LogP contribution in [0.5, 0.6) is 0 Å². The topological polar surface area (TPSA) is 0 Å². The summed E-state index contributed by atoms with van der Waals surface area (Å²) in [5.74, 6) is 0. The van der Waals surface area contributed by atoms with Crippen molar-refractivity contribution in [3.8, 4) is 0 Å². The molecule has 0 rings (SSSR count). The number of allylic oxidation sites excluding steroid dienone is 2. The van der Waals surface area contributed by atoms with Gasteiger partial charge in [-0.1, -0.05) is 25.3 Å². The molecule has 5 heavy (non-hydrogen) atoms. The molecule has 0 fully saturated rings. The SMILES string of the molecule is C=CC=C.[Ti]. The predicted octanol–water partition coefficient (Wildman–Crippen LogP) is 1.36. The molecule has 26 valence electrons. The molecule has 0 aromatic carbocycles. The van der Waals surface area contributed by atoms with E-state index in [2.05, 4.69) is 13.2 Å². The number of hydrogen-bond acceptors (Lipinski definition) is 0. The van der Waals surface area contributed by atoms with E-state index in [4.69, 9.17) is 0 Å². The summed E-state index contributed by atoms with van der Waals surface area (Å²) >= 11 is 0. The first kappa shape index (κ1) is 8.96. The van der Waals surface area contributed by atoms with Gasteiger partial charge in [-0.25, -0.2) is 0 Å².